The predicted octanol–water partition coefficient (Wildman–Crippen LogP) is 15.2. The normalized spacial score (nSPS) is 14.5. The van der Waals surface area contributed by atoms with Crippen LogP contribution in [0.15, 0.2) is 126 Å². The van der Waals surface area contributed by atoms with Crippen molar-refractivity contribution in [2.45, 2.75) is 111 Å². The Balaban J connectivity index is 0.000000851. The van der Waals surface area contributed by atoms with E-state index in [-0.39, 0.29) is 21.3 Å². The Bertz CT molecular complexity index is 2780. The van der Waals surface area contributed by atoms with Crippen molar-refractivity contribution < 1.29 is 40.0 Å². The van der Waals surface area contributed by atoms with E-state index in [2.05, 4.69) is 130 Å². The molecule has 4 aromatic rings. The molecule has 0 aliphatic heterocycles. The summed E-state index contributed by atoms with van der Waals surface area (Å²) < 4.78 is 101. The molecule has 0 atom stereocenters. The third-order valence-electron chi connectivity index (χ3n) is 9.13. The van der Waals surface area contributed by atoms with Gasteiger partial charge in [0.1, 0.15) is 0 Å². The van der Waals surface area contributed by atoms with Gasteiger partial charge in [0, 0.05) is 38.2 Å². The molecule has 8 rings (SSSR count). The molecule has 4 saturated carbocycles. The van der Waals surface area contributed by atoms with Gasteiger partial charge in [-0.1, -0.05) is 111 Å². The second kappa shape index (κ2) is 38.1. The van der Waals surface area contributed by atoms with Gasteiger partial charge in [0.15, 0.2) is 29.5 Å². The summed E-state index contributed by atoms with van der Waals surface area (Å²) in [7, 11) is -7.78. The fourth-order valence-corrected chi connectivity index (χ4v) is 12.3. The molecular formula is C50H64Br2ClI4NO8S4V-. The molecule has 0 saturated heterocycles. The van der Waals surface area contributed by atoms with Crippen molar-refractivity contribution in [1.29, 1.82) is 0 Å². The van der Waals surface area contributed by atoms with Crippen LogP contribution in [-0.2, 0) is 43.5 Å². The Labute approximate surface area is 501 Å². The first-order valence-electron chi connectivity index (χ1n) is 22.8. The molecule has 4 aromatic carbocycles. The van der Waals surface area contributed by atoms with Crippen LogP contribution >= 0.6 is 125 Å². The Morgan fingerprint density at radius 3 is 1.20 bits per heavy atom. The van der Waals surface area contributed by atoms with E-state index in [1.54, 1.807) is 86.6 Å². The first-order chi connectivity index (χ1) is 33.8. The number of terminal acetylenes is 1. The third kappa shape index (κ3) is 35.5. The van der Waals surface area contributed by atoms with E-state index in [0.717, 1.165) is 48.6 Å². The molecule has 9 nitrogen and oxygen atoms in total. The van der Waals surface area contributed by atoms with Crippen LogP contribution < -0.4 is 5.73 Å². The van der Waals surface area contributed by atoms with Gasteiger partial charge in [-0.2, -0.15) is 6.92 Å². The fraction of sp³-hybridized carbons (Fsp3) is 0.420. The average Bonchev–Trinajstić information content (AvgIpc) is 4.04. The van der Waals surface area contributed by atoms with E-state index in [9.17, 15) is 33.7 Å². The average molecular weight is 1690 g/mol. The summed E-state index contributed by atoms with van der Waals surface area (Å²) >= 11 is 15.7. The van der Waals surface area contributed by atoms with Gasteiger partial charge in [0.25, 0.3) is 9.05 Å². The molecule has 0 radical (unpaired) electrons. The van der Waals surface area contributed by atoms with Gasteiger partial charge < -0.3 is 12.7 Å². The van der Waals surface area contributed by atoms with E-state index in [1.807, 2.05) is 34.7 Å². The zero-order valence-corrected chi connectivity index (χ0v) is 57.3. The van der Waals surface area contributed by atoms with Gasteiger partial charge in [-0.3, -0.25) is 0 Å². The van der Waals surface area contributed by atoms with Crippen molar-refractivity contribution in [2.75, 3.05) is 22.2 Å². The topological polar surface area (TPSA) is 163 Å². The Morgan fingerprint density at radius 1 is 0.648 bits per heavy atom. The van der Waals surface area contributed by atoms with Crippen LogP contribution in [0.4, 0.5) is 0 Å². The molecular weight excluding hydrogens is 1620 g/mol. The van der Waals surface area contributed by atoms with Crippen molar-refractivity contribution in [3.8, 4) is 24.2 Å². The molecule has 4 fully saturated rings. The summed E-state index contributed by atoms with van der Waals surface area (Å²) in [5.74, 6) is 10.1. The maximum absolute atomic E-state index is 12.0. The van der Waals surface area contributed by atoms with E-state index >= 15 is 0 Å². The monoisotopic (exact) mass is 1690 g/mol. The number of nitrogens with two attached hydrogens (primary N) is 1. The van der Waals surface area contributed by atoms with Crippen LogP contribution in [0.3, 0.4) is 0 Å². The minimum atomic E-state index is -3.58. The van der Waals surface area contributed by atoms with E-state index in [1.165, 1.54) is 31.4 Å². The van der Waals surface area contributed by atoms with Crippen molar-refractivity contribution >= 4 is 164 Å². The van der Waals surface area contributed by atoms with E-state index in [4.69, 9.17) is 24.2 Å². The van der Waals surface area contributed by atoms with Crippen molar-refractivity contribution in [1.82, 2.24) is 0 Å². The predicted molar refractivity (Wildman–Crippen MR) is 335 cm³/mol. The summed E-state index contributed by atoms with van der Waals surface area (Å²) in [5, 5.41) is 0. The Hall–Kier alpha value is 0.514. The molecule has 0 spiro atoms. The molecule has 4 aliphatic carbocycles. The van der Waals surface area contributed by atoms with Gasteiger partial charge >= 0.3 is 64.9 Å². The van der Waals surface area contributed by atoms with Crippen LogP contribution in [0.5, 0.6) is 0 Å². The molecule has 0 aromatic heterocycles. The molecule has 0 bridgehead atoms. The summed E-state index contributed by atoms with van der Waals surface area (Å²) in [4.78, 5) is 1.48. The van der Waals surface area contributed by atoms with Gasteiger partial charge in [0.2, 0.25) is 0 Å². The first-order valence-corrected chi connectivity index (χ1v) is 46.0. The number of sulfone groups is 3. The van der Waals surface area contributed by atoms with Crippen molar-refractivity contribution in [2.24, 2.45) is 23.5 Å². The zero-order chi connectivity index (χ0) is 55.1. The summed E-state index contributed by atoms with van der Waals surface area (Å²) in [6, 6.07) is 27.2. The van der Waals surface area contributed by atoms with Crippen LogP contribution in [0.1, 0.15) is 98.0 Å². The van der Waals surface area contributed by atoms with Gasteiger partial charge in [0.05, 0.1) is 36.8 Å². The number of rotatable bonds is 10. The van der Waals surface area contributed by atoms with E-state index in [0.29, 0.717) is 59.2 Å². The molecule has 0 unspecified atom stereocenters. The van der Waals surface area contributed by atoms with Crippen molar-refractivity contribution in [3.05, 3.63) is 124 Å². The summed E-state index contributed by atoms with van der Waals surface area (Å²) in [5.41, 5.74) is 6.60. The van der Waals surface area contributed by atoms with Crippen LogP contribution in [0.25, 0.3) is 0 Å². The van der Waals surface area contributed by atoms with Crippen molar-refractivity contribution in [3.63, 3.8) is 0 Å². The Morgan fingerprint density at radius 2 is 0.930 bits per heavy atom. The van der Waals surface area contributed by atoms with Crippen LogP contribution in [0, 0.1) is 48.9 Å². The second-order valence-corrected chi connectivity index (χ2v) is 61.7. The number of alkyl halides is 1. The maximum atomic E-state index is 12.0. The molecule has 71 heavy (non-hydrogen) atoms. The number of hydrogen-bond acceptors (Lipinski definition) is 9. The quantitative estimate of drug-likeness (QED) is 0.0535. The summed E-state index contributed by atoms with van der Waals surface area (Å²) in [6.45, 7) is 11.0. The number of hydrogen-bond donors (Lipinski definition) is 1. The van der Waals surface area contributed by atoms with E-state index < -0.39 is 38.6 Å². The molecule has 4 aliphatic rings. The van der Waals surface area contributed by atoms with Gasteiger partial charge in [-0.25, -0.2) is 33.7 Å². The number of halogens is 7. The third-order valence-corrected chi connectivity index (χ3v) is 17.1. The van der Waals surface area contributed by atoms with Crippen LogP contribution in [0.2, 0.25) is 0 Å². The molecule has 21 heteroatoms. The SMILES string of the molecule is C#Cc1cccc(S(=O)(=O)CC2CC2)c1.CC#Cc1cccc(S(=O)(=O)CC2CC2)c1.CCC.NC1CC1.O=S(=O)(CC1CC1)c1cccc(Br)c1.O=S(=O)(Cl)c1cccc(Br)c1.[2H]CI.[CH2-]C.[I][V]([I])[I]. The second-order valence-electron chi connectivity index (χ2n) is 15.8. The molecule has 0 amide bonds. The van der Waals surface area contributed by atoms with Crippen LogP contribution in [-0.4, -0.2) is 61.9 Å². The molecule has 2 N–H and O–H groups in total. The minimum absolute atomic E-state index is 0.105. The Kier molecular flexibility index (Phi) is 37.4. The molecule has 0 heterocycles. The fourth-order valence-electron chi connectivity index (χ4n) is 5.14. The standard InChI is InChI=1S/C13H14O2S.C12H12O2S.C10H11BrO2S.C6H4BrClO2S.C3H7N.C3H8.C2H5.CH3I.3HI.V/c1-2-4-11-5-3-6-13(9-11)16(14,15)10-12-7-8-12;1-2-10-4-3-5-12(8-10)15(13,14)9-11-6-7-11;11-9-2-1-3-10(6-9)14(12,13)7-8-4-5-8;7-5-2-1-3-6(4-5)11(8,9)10;4-3-1-2-3;1-3-2;2*1-2;;;;/h3,5-6,9,12H,7-8,10H2,1H3;1,3-5,8,11H,6-7,9H2;1-3,6,8H,4-5,7H2;1-4H;3H,1-2,4H2;3H2,1-2H3;1H2,2H3;1H3;3*1H;/q;;;;;;-1;;;;;+3/p-3/i;;;;;;;1D;;;;. The van der Waals surface area contributed by atoms with Gasteiger partial charge in [-0.05, 0) is 154 Å². The van der Waals surface area contributed by atoms with Gasteiger partial charge in [-0.15, -0.1) is 12.3 Å². The first kappa shape index (κ1) is 69.5. The molecule has 396 valence electrons. The zero-order valence-electron chi connectivity index (χ0n) is 41.1. The summed E-state index contributed by atoms with van der Waals surface area (Å²) in [6.07, 6.45) is 15.3. The number of benzene rings is 4.